The van der Waals surface area contributed by atoms with E-state index in [0.717, 1.165) is 12.0 Å². The van der Waals surface area contributed by atoms with Gasteiger partial charge in [-0.05, 0) is 41.2 Å². The van der Waals surface area contributed by atoms with Crippen molar-refractivity contribution >= 4 is 23.2 Å². The van der Waals surface area contributed by atoms with Crippen molar-refractivity contribution in [3.05, 3.63) is 59.7 Å². The normalized spacial score (nSPS) is 11.0. The molecule has 24 heavy (non-hydrogen) atoms. The van der Waals surface area contributed by atoms with Crippen LogP contribution < -0.4 is 10.6 Å². The summed E-state index contributed by atoms with van der Waals surface area (Å²) in [7, 11) is 0. The number of hydrogen-bond acceptors (Lipinski definition) is 2. The highest BCUT2D eigenvalue weighted by molar-refractivity contribution is 6.43. The van der Waals surface area contributed by atoms with Gasteiger partial charge in [-0.3, -0.25) is 9.59 Å². The molecule has 0 aromatic heterocycles. The quantitative estimate of drug-likeness (QED) is 0.834. The van der Waals surface area contributed by atoms with E-state index in [9.17, 15) is 9.59 Å². The molecule has 2 aromatic rings. The Hall–Kier alpha value is -2.62. The molecular formula is C20H24N2O2. The largest absolute Gasteiger partial charge is 0.318 e. The lowest BCUT2D eigenvalue weighted by Gasteiger charge is -2.22. The maximum atomic E-state index is 12.2. The minimum atomic E-state index is -0.678. The van der Waals surface area contributed by atoms with Crippen LogP contribution in [0.2, 0.25) is 0 Å². The zero-order chi connectivity index (χ0) is 17.7. The number of anilines is 2. The van der Waals surface area contributed by atoms with Crippen LogP contribution in [0.5, 0.6) is 0 Å². The van der Waals surface area contributed by atoms with Gasteiger partial charge in [0.25, 0.3) is 0 Å². The van der Waals surface area contributed by atoms with Gasteiger partial charge in [0.2, 0.25) is 0 Å². The second-order valence-corrected chi connectivity index (χ2v) is 6.75. The lowest BCUT2D eigenvalue weighted by Crippen LogP contribution is -2.30. The van der Waals surface area contributed by atoms with Gasteiger partial charge >= 0.3 is 11.8 Å². The Balaban J connectivity index is 2.08. The molecule has 0 saturated heterocycles. The zero-order valence-electron chi connectivity index (χ0n) is 14.6. The number of carbonyl (C=O) groups is 2. The molecular weight excluding hydrogens is 300 g/mol. The van der Waals surface area contributed by atoms with Crippen molar-refractivity contribution < 1.29 is 9.59 Å². The summed E-state index contributed by atoms with van der Waals surface area (Å²) in [6.07, 6.45) is 0.929. The summed E-state index contributed by atoms with van der Waals surface area (Å²) in [5.41, 5.74) is 3.30. The molecule has 2 amide bonds. The van der Waals surface area contributed by atoms with E-state index in [0.29, 0.717) is 11.4 Å². The van der Waals surface area contributed by atoms with E-state index in [4.69, 9.17) is 0 Å². The van der Waals surface area contributed by atoms with Gasteiger partial charge in [0, 0.05) is 11.4 Å². The van der Waals surface area contributed by atoms with Gasteiger partial charge in [0.1, 0.15) is 0 Å². The van der Waals surface area contributed by atoms with E-state index in [1.165, 1.54) is 5.56 Å². The fourth-order valence-electron chi connectivity index (χ4n) is 2.44. The summed E-state index contributed by atoms with van der Waals surface area (Å²) in [5.74, 6) is -1.35. The highest BCUT2D eigenvalue weighted by atomic mass is 16.2. The van der Waals surface area contributed by atoms with Crippen molar-refractivity contribution in [3.63, 3.8) is 0 Å². The fourth-order valence-corrected chi connectivity index (χ4v) is 2.44. The average Bonchev–Trinajstić information content (AvgIpc) is 2.55. The number of carbonyl (C=O) groups excluding carboxylic acids is 2. The molecule has 2 N–H and O–H groups in total. The van der Waals surface area contributed by atoms with Crippen LogP contribution in [0.3, 0.4) is 0 Å². The molecule has 0 bridgehead atoms. The predicted molar refractivity (Wildman–Crippen MR) is 98.2 cm³/mol. The summed E-state index contributed by atoms with van der Waals surface area (Å²) >= 11 is 0. The SMILES string of the molecule is CCc1ccc(NC(=O)C(=O)Nc2ccccc2C(C)(C)C)cc1. The van der Waals surface area contributed by atoms with Gasteiger partial charge in [-0.1, -0.05) is 58.0 Å². The Labute approximate surface area is 143 Å². The molecule has 0 atom stereocenters. The first kappa shape index (κ1) is 17.7. The van der Waals surface area contributed by atoms with Crippen LogP contribution in [0, 0.1) is 0 Å². The van der Waals surface area contributed by atoms with Gasteiger partial charge in [-0.25, -0.2) is 0 Å². The fraction of sp³-hybridized carbons (Fsp3) is 0.300. The molecule has 0 aliphatic rings. The van der Waals surface area contributed by atoms with Crippen LogP contribution in [0.4, 0.5) is 11.4 Å². The van der Waals surface area contributed by atoms with Crippen molar-refractivity contribution in [1.82, 2.24) is 0 Å². The van der Waals surface area contributed by atoms with Crippen molar-refractivity contribution in [2.24, 2.45) is 0 Å². The lowest BCUT2D eigenvalue weighted by atomic mass is 9.86. The number of nitrogens with one attached hydrogen (secondary N) is 2. The Kier molecular flexibility index (Phi) is 5.39. The van der Waals surface area contributed by atoms with E-state index < -0.39 is 11.8 Å². The molecule has 0 radical (unpaired) electrons. The molecule has 0 heterocycles. The highest BCUT2D eigenvalue weighted by Crippen LogP contribution is 2.29. The van der Waals surface area contributed by atoms with E-state index in [1.54, 1.807) is 12.1 Å². The van der Waals surface area contributed by atoms with Gasteiger partial charge in [0.05, 0.1) is 0 Å². The monoisotopic (exact) mass is 324 g/mol. The van der Waals surface area contributed by atoms with Crippen LogP contribution in [-0.2, 0) is 21.4 Å². The molecule has 0 unspecified atom stereocenters. The van der Waals surface area contributed by atoms with Gasteiger partial charge in [-0.2, -0.15) is 0 Å². The number of rotatable bonds is 3. The Morgan fingerprint density at radius 3 is 2.04 bits per heavy atom. The topological polar surface area (TPSA) is 58.2 Å². The van der Waals surface area contributed by atoms with Crippen LogP contribution in [0.25, 0.3) is 0 Å². The minimum Gasteiger partial charge on any atom is -0.318 e. The number of amides is 2. The maximum absolute atomic E-state index is 12.2. The minimum absolute atomic E-state index is 0.129. The molecule has 4 nitrogen and oxygen atoms in total. The van der Waals surface area contributed by atoms with Crippen molar-refractivity contribution in [2.75, 3.05) is 10.6 Å². The Bertz CT molecular complexity index is 728. The van der Waals surface area contributed by atoms with E-state index in [2.05, 4.69) is 38.3 Å². The third kappa shape index (κ3) is 4.44. The summed E-state index contributed by atoms with van der Waals surface area (Å²) in [6, 6.07) is 15.0. The highest BCUT2D eigenvalue weighted by Gasteiger charge is 2.21. The molecule has 0 fully saturated rings. The van der Waals surface area contributed by atoms with Crippen molar-refractivity contribution in [1.29, 1.82) is 0 Å². The Morgan fingerprint density at radius 2 is 1.46 bits per heavy atom. The summed E-state index contributed by atoms with van der Waals surface area (Å²) in [4.78, 5) is 24.3. The smallest absolute Gasteiger partial charge is 0.314 e. The van der Waals surface area contributed by atoms with E-state index in [1.807, 2.05) is 36.4 Å². The Morgan fingerprint density at radius 1 is 0.875 bits per heavy atom. The summed E-state index contributed by atoms with van der Waals surface area (Å²) in [5, 5.41) is 5.33. The number of hydrogen-bond donors (Lipinski definition) is 2. The molecule has 2 aromatic carbocycles. The van der Waals surface area contributed by atoms with Crippen molar-refractivity contribution in [2.45, 2.75) is 39.5 Å². The van der Waals surface area contributed by atoms with Gasteiger partial charge < -0.3 is 10.6 Å². The standard InChI is InChI=1S/C20H24N2O2/c1-5-14-10-12-15(13-11-14)21-18(23)19(24)22-17-9-7-6-8-16(17)20(2,3)4/h6-13H,5H2,1-4H3,(H,21,23)(H,22,24). The van der Waals surface area contributed by atoms with Crippen LogP contribution in [0.1, 0.15) is 38.8 Å². The molecule has 0 spiro atoms. The van der Waals surface area contributed by atoms with E-state index in [-0.39, 0.29) is 5.41 Å². The predicted octanol–water partition coefficient (Wildman–Crippen LogP) is 4.12. The molecule has 0 saturated carbocycles. The van der Waals surface area contributed by atoms with Crippen LogP contribution in [0.15, 0.2) is 48.5 Å². The van der Waals surface area contributed by atoms with Gasteiger partial charge in [-0.15, -0.1) is 0 Å². The first-order chi connectivity index (χ1) is 11.3. The molecule has 4 heteroatoms. The van der Waals surface area contributed by atoms with Gasteiger partial charge in [0.15, 0.2) is 0 Å². The first-order valence-corrected chi connectivity index (χ1v) is 8.12. The molecule has 126 valence electrons. The average molecular weight is 324 g/mol. The lowest BCUT2D eigenvalue weighted by molar-refractivity contribution is -0.133. The molecule has 0 aliphatic heterocycles. The van der Waals surface area contributed by atoms with Crippen LogP contribution >= 0.6 is 0 Å². The third-order valence-electron chi connectivity index (χ3n) is 3.81. The molecule has 2 rings (SSSR count). The molecule has 0 aliphatic carbocycles. The maximum Gasteiger partial charge on any atom is 0.314 e. The second kappa shape index (κ2) is 7.30. The number of aryl methyl sites for hydroxylation is 1. The number of para-hydroxylation sites is 1. The van der Waals surface area contributed by atoms with Crippen molar-refractivity contribution in [3.8, 4) is 0 Å². The van der Waals surface area contributed by atoms with E-state index >= 15 is 0 Å². The number of benzene rings is 2. The van der Waals surface area contributed by atoms with Crippen LogP contribution in [-0.4, -0.2) is 11.8 Å². The second-order valence-electron chi connectivity index (χ2n) is 6.75. The summed E-state index contributed by atoms with van der Waals surface area (Å²) in [6.45, 7) is 8.25. The first-order valence-electron chi connectivity index (χ1n) is 8.12. The summed E-state index contributed by atoms with van der Waals surface area (Å²) < 4.78 is 0. The third-order valence-corrected chi connectivity index (χ3v) is 3.81. The zero-order valence-corrected chi connectivity index (χ0v) is 14.6.